The van der Waals surface area contributed by atoms with E-state index in [0.717, 1.165) is 38.8 Å². The Bertz CT molecular complexity index is 1480. The lowest BCUT2D eigenvalue weighted by molar-refractivity contribution is -0.119. The second kappa shape index (κ2) is 9.69. The molecule has 2 aromatic heterocycles. The zero-order chi connectivity index (χ0) is 24.4. The summed E-state index contributed by atoms with van der Waals surface area (Å²) in [5.41, 5.74) is 1.85. The zero-order valence-electron chi connectivity index (χ0n) is 19.2. The number of benzene rings is 2. The van der Waals surface area contributed by atoms with Crippen LogP contribution in [0, 0.1) is 6.92 Å². The molecule has 176 valence electrons. The Hall–Kier alpha value is -3.65. The minimum absolute atomic E-state index is 0.0846. The molecule has 0 spiro atoms. The summed E-state index contributed by atoms with van der Waals surface area (Å²) in [6.45, 7) is 5.53. The molecule has 0 aliphatic carbocycles. The minimum atomic E-state index is -0.782. The Labute approximate surface area is 200 Å². The van der Waals surface area contributed by atoms with E-state index in [9.17, 15) is 14.4 Å². The number of aryl methyl sites for hydroxylation is 2. The quantitative estimate of drug-likeness (QED) is 0.400. The highest BCUT2D eigenvalue weighted by Crippen LogP contribution is 2.29. The van der Waals surface area contributed by atoms with Crippen LogP contribution >= 0.6 is 11.6 Å². The first kappa shape index (κ1) is 23.5. The molecule has 0 amide bonds. The van der Waals surface area contributed by atoms with Crippen molar-refractivity contribution >= 4 is 40.0 Å². The number of fused-ring (bicyclic) bond motifs is 1. The van der Waals surface area contributed by atoms with Gasteiger partial charge in [-0.05, 0) is 48.4 Å². The van der Waals surface area contributed by atoms with Gasteiger partial charge in [0.2, 0.25) is 5.95 Å². The summed E-state index contributed by atoms with van der Waals surface area (Å²) >= 11 is 5.99. The van der Waals surface area contributed by atoms with Crippen molar-refractivity contribution in [1.29, 1.82) is 0 Å². The fourth-order valence-electron chi connectivity index (χ4n) is 3.78. The SMILES string of the molecule is CCC(=O)Cn1c(=O)nc(Nc2ccc3oc(CC)c(C)c3c2)n(Cc2ccc(Cl)cc2)c1=O. The number of hydrogen-bond acceptors (Lipinski definition) is 6. The molecule has 0 unspecified atom stereocenters. The first-order valence-electron chi connectivity index (χ1n) is 11.1. The van der Waals surface area contributed by atoms with Crippen LogP contribution in [0.1, 0.15) is 37.2 Å². The number of Topliss-reactive ketones (excluding diaryl/α,β-unsaturated/α-hetero) is 1. The van der Waals surface area contributed by atoms with Crippen LogP contribution < -0.4 is 16.7 Å². The number of ketones is 1. The summed E-state index contributed by atoms with van der Waals surface area (Å²) in [4.78, 5) is 42.0. The van der Waals surface area contributed by atoms with Crippen LogP contribution in [0.15, 0.2) is 56.5 Å². The highest BCUT2D eigenvalue weighted by molar-refractivity contribution is 6.30. The average Bonchev–Trinajstić information content (AvgIpc) is 3.15. The number of aromatic nitrogens is 3. The summed E-state index contributed by atoms with van der Waals surface area (Å²) < 4.78 is 8.08. The highest BCUT2D eigenvalue weighted by Gasteiger charge is 2.17. The van der Waals surface area contributed by atoms with E-state index < -0.39 is 11.4 Å². The summed E-state index contributed by atoms with van der Waals surface area (Å²) in [6, 6.07) is 12.6. The summed E-state index contributed by atoms with van der Waals surface area (Å²) in [5.74, 6) is 0.766. The lowest BCUT2D eigenvalue weighted by Gasteiger charge is -2.15. The van der Waals surface area contributed by atoms with Crippen molar-refractivity contribution in [2.24, 2.45) is 0 Å². The fourth-order valence-corrected chi connectivity index (χ4v) is 3.90. The lowest BCUT2D eigenvalue weighted by atomic mass is 10.1. The molecule has 0 radical (unpaired) electrons. The van der Waals surface area contributed by atoms with Crippen LogP contribution in [0.5, 0.6) is 0 Å². The van der Waals surface area contributed by atoms with Crippen LogP contribution in [0.4, 0.5) is 11.6 Å². The van der Waals surface area contributed by atoms with Gasteiger partial charge in [0.15, 0.2) is 5.78 Å². The number of nitrogens with one attached hydrogen (secondary N) is 1. The van der Waals surface area contributed by atoms with Crippen molar-refractivity contribution < 1.29 is 9.21 Å². The van der Waals surface area contributed by atoms with Crippen molar-refractivity contribution in [3.63, 3.8) is 0 Å². The summed E-state index contributed by atoms with van der Waals surface area (Å²) in [6.07, 6.45) is 0.993. The number of anilines is 2. The van der Waals surface area contributed by atoms with Crippen LogP contribution in [-0.4, -0.2) is 19.9 Å². The maximum absolute atomic E-state index is 13.3. The first-order chi connectivity index (χ1) is 16.3. The van der Waals surface area contributed by atoms with Gasteiger partial charge in [0.25, 0.3) is 0 Å². The van der Waals surface area contributed by atoms with E-state index in [1.807, 2.05) is 26.0 Å². The third-order valence-corrected chi connectivity index (χ3v) is 6.00. The van der Waals surface area contributed by atoms with E-state index >= 15 is 0 Å². The Morgan fingerprint density at radius 2 is 1.82 bits per heavy atom. The molecular formula is C25H25ClN4O4. The Kier molecular flexibility index (Phi) is 6.70. The number of halogens is 1. The fraction of sp³-hybridized carbons (Fsp3) is 0.280. The van der Waals surface area contributed by atoms with Crippen LogP contribution in [0.25, 0.3) is 11.0 Å². The van der Waals surface area contributed by atoms with Crippen molar-refractivity contribution in [3.8, 4) is 0 Å². The normalized spacial score (nSPS) is 11.2. The predicted molar refractivity (Wildman–Crippen MR) is 132 cm³/mol. The number of hydrogen-bond donors (Lipinski definition) is 1. The maximum Gasteiger partial charge on any atom is 0.355 e. The average molecular weight is 481 g/mol. The van der Waals surface area contributed by atoms with Crippen LogP contribution in [0.3, 0.4) is 0 Å². The summed E-state index contributed by atoms with van der Waals surface area (Å²) in [5, 5.41) is 4.62. The van der Waals surface area contributed by atoms with Gasteiger partial charge in [-0.15, -0.1) is 0 Å². The molecule has 0 fully saturated rings. The molecule has 0 atom stereocenters. The number of nitrogens with zero attached hydrogens (tertiary/aromatic N) is 3. The Morgan fingerprint density at radius 1 is 1.09 bits per heavy atom. The molecule has 4 aromatic rings. The third-order valence-electron chi connectivity index (χ3n) is 5.74. The van der Waals surface area contributed by atoms with E-state index in [0.29, 0.717) is 10.7 Å². The smallest absolute Gasteiger partial charge is 0.355 e. The van der Waals surface area contributed by atoms with E-state index in [1.165, 1.54) is 4.57 Å². The van der Waals surface area contributed by atoms with Gasteiger partial charge in [-0.1, -0.05) is 37.6 Å². The molecule has 0 aliphatic rings. The molecule has 0 bridgehead atoms. The molecule has 0 aliphatic heterocycles. The van der Waals surface area contributed by atoms with Gasteiger partial charge >= 0.3 is 11.4 Å². The second-order valence-electron chi connectivity index (χ2n) is 8.03. The van der Waals surface area contributed by atoms with E-state index in [4.69, 9.17) is 16.0 Å². The molecule has 8 nitrogen and oxygen atoms in total. The topological polar surface area (TPSA) is 99.1 Å². The van der Waals surface area contributed by atoms with Crippen molar-refractivity contribution in [2.45, 2.75) is 46.7 Å². The minimum Gasteiger partial charge on any atom is -0.461 e. The predicted octanol–water partition coefficient (Wildman–Crippen LogP) is 4.45. The molecule has 2 heterocycles. The number of rotatable bonds is 8. The van der Waals surface area contributed by atoms with Gasteiger partial charge in [-0.25, -0.2) is 14.2 Å². The number of carbonyl (C=O) groups is 1. The Balaban J connectivity index is 1.80. The number of carbonyl (C=O) groups excluding carboxylic acids is 1. The molecular weight excluding hydrogens is 456 g/mol. The van der Waals surface area contributed by atoms with E-state index in [-0.39, 0.29) is 31.2 Å². The van der Waals surface area contributed by atoms with Gasteiger partial charge in [0, 0.05) is 28.9 Å². The molecule has 1 N–H and O–H groups in total. The van der Waals surface area contributed by atoms with Gasteiger partial charge in [0.1, 0.15) is 11.3 Å². The zero-order valence-corrected chi connectivity index (χ0v) is 20.0. The lowest BCUT2D eigenvalue weighted by Crippen LogP contribution is -2.44. The summed E-state index contributed by atoms with van der Waals surface area (Å²) in [7, 11) is 0. The van der Waals surface area contributed by atoms with Crippen LogP contribution in [-0.2, 0) is 24.3 Å². The van der Waals surface area contributed by atoms with E-state index in [1.54, 1.807) is 37.3 Å². The van der Waals surface area contributed by atoms with Crippen molar-refractivity contribution in [3.05, 3.63) is 85.3 Å². The second-order valence-corrected chi connectivity index (χ2v) is 8.47. The highest BCUT2D eigenvalue weighted by atomic mass is 35.5. The van der Waals surface area contributed by atoms with Gasteiger partial charge in [0.05, 0.1) is 13.1 Å². The first-order valence-corrected chi connectivity index (χ1v) is 11.4. The Morgan fingerprint density at radius 3 is 2.50 bits per heavy atom. The molecule has 34 heavy (non-hydrogen) atoms. The van der Waals surface area contributed by atoms with Crippen LogP contribution in [0.2, 0.25) is 5.02 Å². The van der Waals surface area contributed by atoms with Gasteiger partial charge < -0.3 is 9.73 Å². The largest absolute Gasteiger partial charge is 0.461 e. The maximum atomic E-state index is 13.3. The third kappa shape index (κ3) is 4.68. The standard InChI is InChI=1S/C25H25ClN4O4/c1-4-19(31)14-30-24(32)28-23(29(25(30)33)13-16-6-8-17(26)9-7-16)27-18-10-11-22-20(12-18)15(3)21(5-2)34-22/h6-12H,4-5,13-14H2,1-3H3,(H,27,28,32). The van der Waals surface area contributed by atoms with Crippen molar-refractivity contribution in [2.75, 3.05) is 5.32 Å². The number of furan rings is 1. The molecule has 0 saturated heterocycles. The van der Waals surface area contributed by atoms with Gasteiger partial charge in [-0.3, -0.25) is 9.36 Å². The van der Waals surface area contributed by atoms with Crippen molar-refractivity contribution in [1.82, 2.24) is 14.1 Å². The molecule has 2 aromatic carbocycles. The molecule has 0 saturated carbocycles. The van der Waals surface area contributed by atoms with Gasteiger partial charge in [-0.2, -0.15) is 4.98 Å². The van der Waals surface area contributed by atoms with E-state index in [2.05, 4.69) is 10.3 Å². The molecule has 9 heteroatoms. The monoisotopic (exact) mass is 480 g/mol. The molecule has 4 rings (SSSR count).